The number of carbonyl (C=O) groups excluding carboxylic acids is 3. The SMILES string of the molecule is CCC(C)C(NC(=O)C(CCSC)NC(=O)C(CC(=O)O)NC(=O)C(N)C(C)O)C(=O)O. The smallest absolute Gasteiger partial charge is 0.326 e. The van der Waals surface area contributed by atoms with Gasteiger partial charge in [0.25, 0.3) is 0 Å². The Kier molecular flexibility index (Phi) is 13.5. The van der Waals surface area contributed by atoms with E-state index in [1.165, 1.54) is 18.7 Å². The van der Waals surface area contributed by atoms with Gasteiger partial charge < -0.3 is 37.0 Å². The van der Waals surface area contributed by atoms with Gasteiger partial charge in [0.2, 0.25) is 17.7 Å². The van der Waals surface area contributed by atoms with Gasteiger partial charge in [-0.2, -0.15) is 11.8 Å². The van der Waals surface area contributed by atoms with Gasteiger partial charge in [0.15, 0.2) is 0 Å². The summed E-state index contributed by atoms with van der Waals surface area (Å²) in [5.74, 6) is -5.14. The summed E-state index contributed by atoms with van der Waals surface area (Å²) < 4.78 is 0. The minimum absolute atomic E-state index is 0.145. The molecule has 12 nitrogen and oxygen atoms in total. The van der Waals surface area contributed by atoms with Crippen molar-refractivity contribution >= 4 is 41.4 Å². The molecule has 0 saturated heterocycles. The fraction of sp³-hybridized carbons (Fsp3) is 0.737. The Balaban J connectivity index is 5.53. The van der Waals surface area contributed by atoms with Crippen LogP contribution >= 0.6 is 11.8 Å². The summed E-state index contributed by atoms with van der Waals surface area (Å²) in [6.07, 6.45) is 0.395. The van der Waals surface area contributed by atoms with E-state index in [4.69, 9.17) is 10.8 Å². The Labute approximate surface area is 191 Å². The quantitative estimate of drug-likeness (QED) is 0.145. The Morgan fingerprint density at radius 3 is 1.91 bits per heavy atom. The van der Waals surface area contributed by atoms with Crippen LogP contribution in [0.15, 0.2) is 0 Å². The molecular formula is C19H34N4O8S. The van der Waals surface area contributed by atoms with Gasteiger partial charge >= 0.3 is 11.9 Å². The van der Waals surface area contributed by atoms with E-state index >= 15 is 0 Å². The second kappa shape index (κ2) is 14.6. The monoisotopic (exact) mass is 478 g/mol. The molecule has 0 aliphatic rings. The molecule has 13 heteroatoms. The van der Waals surface area contributed by atoms with Crippen molar-refractivity contribution in [1.29, 1.82) is 0 Å². The van der Waals surface area contributed by atoms with Crippen molar-refractivity contribution in [2.24, 2.45) is 11.7 Å². The minimum atomic E-state index is -1.56. The molecule has 0 aliphatic carbocycles. The molecule has 8 N–H and O–H groups in total. The third-order valence-electron chi connectivity index (χ3n) is 4.85. The van der Waals surface area contributed by atoms with E-state index in [2.05, 4.69) is 16.0 Å². The van der Waals surface area contributed by atoms with E-state index in [0.29, 0.717) is 12.2 Å². The van der Waals surface area contributed by atoms with E-state index in [1.54, 1.807) is 20.1 Å². The number of aliphatic hydroxyl groups is 1. The number of carboxylic acids is 2. The fourth-order valence-electron chi connectivity index (χ4n) is 2.58. The first-order valence-corrected chi connectivity index (χ1v) is 11.5. The summed E-state index contributed by atoms with van der Waals surface area (Å²) in [4.78, 5) is 60.2. The Morgan fingerprint density at radius 2 is 1.47 bits per heavy atom. The molecule has 3 amide bonds. The van der Waals surface area contributed by atoms with Crippen LogP contribution in [0, 0.1) is 5.92 Å². The van der Waals surface area contributed by atoms with Crippen LogP contribution in [0.3, 0.4) is 0 Å². The van der Waals surface area contributed by atoms with Crippen molar-refractivity contribution in [3.05, 3.63) is 0 Å². The van der Waals surface area contributed by atoms with Crippen LogP contribution in [0.2, 0.25) is 0 Å². The van der Waals surface area contributed by atoms with Gasteiger partial charge in [-0.05, 0) is 31.3 Å². The Bertz CT molecular complexity index is 676. The molecule has 6 unspecified atom stereocenters. The molecule has 32 heavy (non-hydrogen) atoms. The molecule has 0 saturated carbocycles. The van der Waals surface area contributed by atoms with E-state index < -0.39 is 66.4 Å². The van der Waals surface area contributed by atoms with E-state index in [-0.39, 0.29) is 12.3 Å². The fourth-order valence-corrected chi connectivity index (χ4v) is 3.06. The highest BCUT2D eigenvalue weighted by Crippen LogP contribution is 2.10. The van der Waals surface area contributed by atoms with Gasteiger partial charge in [-0.1, -0.05) is 20.3 Å². The number of nitrogens with one attached hydrogen (secondary N) is 3. The molecule has 0 fully saturated rings. The molecule has 184 valence electrons. The molecular weight excluding hydrogens is 444 g/mol. The van der Waals surface area contributed by atoms with Gasteiger partial charge in [0.1, 0.15) is 24.2 Å². The van der Waals surface area contributed by atoms with Crippen LogP contribution in [0.25, 0.3) is 0 Å². The van der Waals surface area contributed by atoms with Crippen LogP contribution in [-0.2, 0) is 24.0 Å². The van der Waals surface area contributed by atoms with Crippen molar-refractivity contribution in [2.45, 2.75) is 70.3 Å². The van der Waals surface area contributed by atoms with Gasteiger partial charge in [-0.25, -0.2) is 4.79 Å². The molecule has 0 aromatic rings. The number of aliphatic hydroxyl groups excluding tert-OH is 1. The van der Waals surface area contributed by atoms with E-state index in [0.717, 1.165) is 0 Å². The standard InChI is InChI=1S/C19H34N4O8S/c1-5-9(2)15(19(30)31)23-16(27)11(6-7-32-4)21-17(28)12(8-13(25)26)22-18(29)14(20)10(3)24/h9-12,14-15,24H,5-8,20H2,1-4H3,(H,21,28)(H,22,29)(H,23,27)(H,25,26)(H,30,31). The van der Waals surface area contributed by atoms with Crippen LogP contribution in [0.4, 0.5) is 0 Å². The molecule has 0 aromatic heterocycles. The third-order valence-corrected chi connectivity index (χ3v) is 5.50. The number of hydrogen-bond donors (Lipinski definition) is 7. The highest BCUT2D eigenvalue weighted by Gasteiger charge is 2.33. The molecule has 0 spiro atoms. The summed E-state index contributed by atoms with van der Waals surface area (Å²) in [7, 11) is 0. The zero-order chi connectivity index (χ0) is 25.0. The zero-order valence-electron chi connectivity index (χ0n) is 18.7. The first-order chi connectivity index (χ1) is 14.8. The third kappa shape index (κ3) is 10.3. The number of amides is 3. The first kappa shape index (κ1) is 29.6. The maximum atomic E-state index is 12.7. The molecule has 0 aliphatic heterocycles. The summed E-state index contributed by atoms with van der Waals surface area (Å²) in [5.41, 5.74) is 5.52. The lowest BCUT2D eigenvalue weighted by atomic mass is 9.98. The van der Waals surface area contributed by atoms with Crippen LogP contribution in [-0.4, -0.2) is 87.3 Å². The van der Waals surface area contributed by atoms with E-state index in [9.17, 15) is 34.2 Å². The number of nitrogens with two attached hydrogens (primary N) is 1. The number of thioether (sulfide) groups is 1. The molecule has 0 radical (unpaired) electrons. The van der Waals surface area contributed by atoms with Gasteiger partial charge in [-0.15, -0.1) is 0 Å². The molecule has 0 aromatic carbocycles. The van der Waals surface area contributed by atoms with Crippen molar-refractivity contribution < 1.29 is 39.3 Å². The predicted octanol–water partition coefficient (Wildman–Crippen LogP) is -1.49. The van der Waals surface area contributed by atoms with Crippen molar-refractivity contribution in [3.8, 4) is 0 Å². The number of rotatable bonds is 15. The highest BCUT2D eigenvalue weighted by atomic mass is 32.2. The molecule has 0 rings (SSSR count). The minimum Gasteiger partial charge on any atom is -0.481 e. The number of carboxylic acid groups (broad SMARTS) is 2. The second-order valence-electron chi connectivity index (χ2n) is 7.48. The second-order valence-corrected chi connectivity index (χ2v) is 8.46. The Hall–Kier alpha value is -2.38. The van der Waals surface area contributed by atoms with Gasteiger partial charge in [0.05, 0.1) is 12.5 Å². The van der Waals surface area contributed by atoms with Crippen molar-refractivity contribution in [3.63, 3.8) is 0 Å². The first-order valence-electron chi connectivity index (χ1n) is 10.1. The van der Waals surface area contributed by atoms with Crippen LogP contribution in [0.5, 0.6) is 0 Å². The summed E-state index contributed by atoms with van der Waals surface area (Å²) in [6.45, 7) is 4.70. The van der Waals surface area contributed by atoms with Crippen molar-refractivity contribution in [2.75, 3.05) is 12.0 Å². The number of carbonyl (C=O) groups is 5. The molecule has 6 atom stereocenters. The maximum Gasteiger partial charge on any atom is 0.326 e. The largest absolute Gasteiger partial charge is 0.481 e. The Morgan fingerprint density at radius 1 is 0.938 bits per heavy atom. The van der Waals surface area contributed by atoms with Crippen LogP contribution < -0.4 is 21.7 Å². The average Bonchev–Trinajstić information content (AvgIpc) is 2.71. The number of hydrogen-bond acceptors (Lipinski definition) is 8. The predicted molar refractivity (Wildman–Crippen MR) is 118 cm³/mol. The molecule has 0 heterocycles. The summed E-state index contributed by atoms with van der Waals surface area (Å²) in [6, 6.07) is -5.26. The van der Waals surface area contributed by atoms with E-state index in [1.807, 2.05) is 0 Å². The molecule has 0 bridgehead atoms. The van der Waals surface area contributed by atoms with Gasteiger partial charge in [0, 0.05) is 0 Å². The normalized spacial score (nSPS) is 16.6. The summed E-state index contributed by atoms with van der Waals surface area (Å²) >= 11 is 1.39. The lowest BCUT2D eigenvalue weighted by molar-refractivity contribution is -0.144. The average molecular weight is 479 g/mol. The van der Waals surface area contributed by atoms with Gasteiger partial charge in [-0.3, -0.25) is 19.2 Å². The lowest BCUT2D eigenvalue weighted by Gasteiger charge is -2.26. The zero-order valence-corrected chi connectivity index (χ0v) is 19.5. The topological polar surface area (TPSA) is 208 Å². The van der Waals surface area contributed by atoms with Crippen molar-refractivity contribution in [1.82, 2.24) is 16.0 Å². The highest BCUT2D eigenvalue weighted by molar-refractivity contribution is 7.98. The lowest BCUT2D eigenvalue weighted by Crippen LogP contribution is -2.59. The number of aliphatic carboxylic acids is 2. The van der Waals surface area contributed by atoms with Crippen LogP contribution in [0.1, 0.15) is 40.0 Å². The summed E-state index contributed by atoms with van der Waals surface area (Å²) in [5, 5.41) is 34.9. The maximum absolute atomic E-state index is 12.7.